The summed E-state index contributed by atoms with van der Waals surface area (Å²) in [4.78, 5) is 23.3. The molecule has 0 fully saturated rings. The van der Waals surface area contributed by atoms with Gasteiger partial charge in [-0.15, -0.1) is 0 Å². The zero-order valence-corrected chi connectivity index (χ0v) is 40.4. The number of hydrogen-bond acceptors (Lipinski definition) is 6. The van der Waals surface area contributed by atoms with Gasteiger partial charge in [0.05, 0.1) is 11.9 Å². The topological polar surface area (TPSA) is 98.7 Å². The minimum atomic E-state index is -1.24. The predicted molar refractivity (Wildman–Crippen MR) is 238 cm³/mol. The van der Waals surface area contributed by atoms with Crippen LogP contribution in [0.1, 0.15) is 120 Å². The standard InChI is InChI=1S/2C27H30O3.Zn/c2*1-19-12-6-9-15-22(19)26(3,4)18-27(5,23-16-10-7-13-20(23)2)30-24-17-11-8-14-21(24)25(28)29;/h2*6-17H,18H2,1-5H3,(H,28,29);/q;;+2/p-2. The van der Waals surface area contributed by atoms with Crippen molar-refractivity contribution in [2.75, 3.05) is 0 Å². The maximum absolute atomic E-state index is 11.7. The predicted octanol–water partition coefficient (Wildman–Crippen LogP) is 10.7. The summed E-state index contributed by atoms with van der Waals surface area (Å²) in [6, 6.07) is 46.4. The van der Waals surface area contributed by atoms with Gasteiger partial charge in [-0.25, -0.2) is 0 Å². The Morgan fingerprint density at radius 3 is 0.934 bits per heavy atom. The normalized spacial score (nSPS) is 13.3. The van der Waals surface area contributed by atoms with Crippen LogP contribution in [0.15, 0.2) is 146 Å². The Morgan fingerprint density at radius 1 is 0.410 bits per heavy atom. The number of carboxylic acids is 2. The number of aryl methyl sites for hydroxylation is 4. The van der Waals surface area contributed by atoms with Gasteiger partial charge in [-0.1, -0.05) is 149 Å². The molecule has 6 rings (SSSR count). The Labute approximate surface area is 375 Å². The Balaban J connectivity index is 0.000000264. The number of carbonyl (C=O) groups is 2. The van der Waals surface area contributed by atoms with Crippen molar-refractivity contribution in [3.63, 3.8) is 0 Å². The van der Waals surface area contributed by atoms with Gasteiger partial charge in [0.2, 0.25) is 0 Å². The van der Waals surface area contributed by atoms with E-state index in [1.54, 1.807) is 36.4 Å². The maximum Gasteiger partial charge on any atom is 2.00 e. The Morgan fingerprint density at radius 2 is 0.656 bits per heavy atom. The molecule has 2 atom stereocenters. The molecule has 312 valence electrons. The fourth-order valence-corrected chi connectivity index (χ4v) is 9.18. The first-order chi connectivity index (χ1) is 28.3. The number of hydrogen-bond donors (Lipinski definition) is 0. The van der Waals surface area contributed by atoms with Crippen LogP contribution in [0, 0.1) is 27.7 Å². The Kier molecular flexibility index (Phi) is 15.7. The molecule has 6 aromatic rings. The number of ether oxygens (including phenoxy) is 2. The van der Waals surface area contributed by atoms with Crippen molar-refractivity contribution in [2.24, 2.45) is 0 Å². The molecule has 0 bridgehead atoms. The molecule has 0 aliphatic carbocycles. The Bertz CT molecular complexity index is 2280. The molecule has 0 heterocycles. The van der Waals surface area contributed by atoms with Crippen LogP contribution in [0.3, 0.4) is 0 Å². The summed E-state index contributed by atoms with van der Waals surface area (Å²) in [6.07, 6.45) is 1.33. The van der Waals surface area contributed by atoms with Crippen molar-refractivity contribution in [1.29, 1.82) is 0 Å². The van der Waals surface area contributed by atoms with Gasteiger partial charge in [-0.3, -0.25) is 0 Å². The van der Waals surface area contributed by atoms with E-state index in [1.807, 2.05) is 50.2 Å². The van der Waals surface area contributed by atoms with Crippen molar-refractivity contribution in [1.82, 2.24) is 0 Å². The molecule has 0 N–H and O–H groups in total. The fourth-order valence-electron chi connectivity index (χ4n) is 9.18. The second-order valence-electron chi connectivity index (χ2n) is 17.6. The van der Waals surface area contributed by atoms with E-state index >= 15 is 0 Å². The van der Waals surface area contributed by atoms with Gasteiger partial charge in [0, 0.05) is 24.0 Å². The quantitative estimate of drug-likeness (QED) is 0.101. The second-order valence-corrected chi connectivity index (χ2v) is 17.6. The minimum Gasteiger partial charge on any atom is -0.545 e. The smallest absolute Gasteiger partial charge is 0.545 e. The van der Waals surface area contributed by atoms with Crippen molar-refractivity contribution in [3.05, 3.63) is 201 Å². The molecule has 7 heteroatoms. The first-order valence-electron chi connectivity index (χ1n) is 20.5. The van der Waals surface area contributed by atoms with Crippen LogP contribution >= 0.6 is 0 Å². The van der Waals surface area contributed by atoms with Crippen LogP contribution in [0.2, 0.25) is 0 Å². The molecule has 0 aromatic heterocycles. The van der Waals surface area contributed by atoms with Gasteiger partial charge in [0.15, 0.2) is 0 Å². The van der Waals surface area contributed by atoms with Crippen molar-refractivity contribution in [3.8, 4) is 11.5 Å². The largest absolute Gasteiger partial charge is 2.00 e. The molecule has 61 heavy (non-hydrogen) atoms. The minimum absolute atomic E-state index is 0. The van der Waals surface area contributed by atoms with E-state index in [0.717, 1.165) is 22.3 Å². The summed E-state index contributed by atoms with van der Waals surface area (Å²) in [7, 11) is 0. The SMILES string of the molecule is Cc1ccccc1C(C)(C)CC(C)(Oc1ccccc1C(=O)[O-])c1ccccc1C.Cc1ccccc1C(C)(C)CC(C)(Oc1ccccc1C(=O)[O-])c1ccccc1C.[Zn+2]. The third-order valence-electron chi connectivity index (χ3n) is 11.6. The van der Waals surface area contributed by atoms with Crippen molar-refractivity contribution in [2.45, 2.75) is 104 Å². The van der Waals surface area contributed by atoms with Crippen molar-refractivity contribution < 1.29 is 48.8 Å². The third-order valence-corrected chi connectivity index (χ3v) is 11.6. The molecule has 6 nitrogen and oxygen atoms in total. The average molecular weight is 868 g/mol. The molecule has 0 aliphatic heterocycles. The Hall–Kier alpha value is -5.52. The van der Waals surface area contributed by atoms with Crippen LogP contribution in [0.25, 0.3) is 0 Å². The molecule has 0 amide bonds. The molecule has 0 spiro atoms. The van der Waals surface area contributed by atoms with Gasteiger partial charge in [0.1, 0.15) is 22.7 Å². The molecular formula is C54H58O6Zn. The van der Waals surface area contributed by atoms with E-state index in [0.29, 0.717) is 24.3 Å². The van der Waals surface area contributed by atoms with E-state index in [9.17, 15) is 19.8 Å². The summed E-state index contributed by atoms with van der Waals surface area (Å²) < 4.78 is 13.1. The number of carboxylic acid groups (broad SMARTS) is 2. The van der Waals surface area contributed by atoms with Gasteiger partial charge < -0.3 is 29.3 Å². The monoisotopic (exact) mass is 866 g/mol. The number of carbonyl (C=O) groups excluding carboxylic acids is 2. The summed E-state index contributed by atoms with van der Waals surface area (Å²) in [5, 5.41) is 23.3. The zero-order valence-electron chi connectivity index (χ0n) is 37.4. The molecule has 2 unspecified atom stereocenters. The first-order valence-corrected chi connectivity index (χ1v) is 20.5. The van der Waals surface area contributed by atoms with Crippen LogP contribution < -0.4 is 19.7 Å². The van der Waals surface area contributed by atoms with Gasteiger partial charge in [0.25, 0.3) is 0 Å². The molecule has 0 radical (unpaired) electrons. The summed E-state index contributed by atoms with van der Waals surface area (Å²) in [5.41, 5.74) is 7.45. The summed E-state index contributed by atoms with van der Waals surface area (Å²) in [6.45, 7) is 21.3. The van der Waals surface area contributed by atoms with Crippen LogP contribution in [0.4, 0.5) is 0 Å². The van der Waals surface area contributed by atoms with E-state index in [2.05, 4.69) is 116 Å². The van der Waals surface area contributed by atoms with E-state index < -0.39 is 23.1 Å². The maximum atomic E-state index is 11.7. The van der Waals surface area contributed by atoms with Crippen LogP contribution in [-0.4, -0.2) is 11.9 Å². The average Bonchev–Trinajstić information content (AvgIpc) is 3.18. The number of para-hydroxylation sites is 2. The first kappa shape index (κ1) is 48.2. The number of aromatic carboxylic acids is 2. The summed E-state index contributed by atoms with van der Waals surface area (Å²) in [5.74, 6) is -1.83. The van der Waals surface area contributed by atoms with Crippen LogP contribution in [0.5, 0.6) is 11.5 Å². The van der Waals surface area contributed by atoms with Gasteiger partial charge in [-0.2, -0.15) is 0 Å². The van der Waals surface area contributed by atoms with Crippen molar-refractivity contribution >= 4 is 11.9 Å². The third kappa shape index (κ3) is 11.5. The zero-order chi connectivity index (χ0) is 43.9. The number of rotatable bonds is 14. The van der Waals surface area contributed by atoms with E-state index in [1.165, 1.54) is 34.4 Å². The summed E-state index contributed by atoms with van der Waals surface area (Å²) >= 11 is 0. The number of benzene rings is 6. The van der Waals surface area contributed by atoms with E-state index in [4.69, 9.17) is 9.47 Å². The van der Waals surface area contributed by atoms with Gasteiger partial charge in [-0.05, 0) is 121 Å². The fraction of sp³-hybridized carbons (Fsp3) is 0.296. The molecule has 0 saturated heterocycles. The van der Waals surface area contributed by atoms with E-state index in [-0.39, 0.29) is 41.4 Å². The van der Waals surface area contributed by atoms with Crippen LogP contribution in [-0.2, 0) is 41.5 Å². The molecule has 0 saturated carbocycles. The molecular weight excluding hydrogens is 810 g/mol. The second kappa shape index (κ2) is 19.9. The molecule has 0 aliphatic rings. The molecule has 6 aromatic carbocycles. The van der Waals surface area contributed by atoms with Gasteiger partial charge >= 0.3 is 19.5 Å².